The second kappa shape index (κ2) is 6.33. The summed E-state index contributed by atoms with van der Waals surface area (Å²) < 4.78 is 13.2. The van der Waals surface area contributed by atoms with Gasteiger partial charge in [-0.3, -0.25) is 9.55 Å². The van der Waals surface area contributed by atoms with Crippen molar-refractivity contribution < 1.29 is 9.47 Å². The predicted octanol–water partition coefficient (Wildman–Crippen LogP) is 1.21. The first kappa shape index (κ1) is 14.7. The van der Waals surface area contributed by atoms with E-state index in [4.69, 9.17) is 9.47 Å². The van der Waals surface area contributed by atoms with Crippen molar-refractivity contribution in [3.05, 3.63) is 22.7 Å². The van der Waals surface area contributed by atoms with Gasteiger partial charge in [-0.1, -0.05) is 0 Å². The van der Waals surface area contributed by atoms with Gasteiger partial charge < -0.3 is 14.8 Å². The van der Waals surface area contributed by atoms with Crippen LogP contribution in [0.5, 0.6) is 5.75 Å². The molecule has 0 aromatic carbocycles. The molecule has 4 rings (SSSR count). The Kier molecular flexibility index (Phi) is 4.05. The van der Waals surface area contributed by atoms with Crippen LogP contribution in [0, 0.1) is 0 Å². The van der Waals surface area contributed by atoms with Gasteiger partial charge in [0, 0.05) is 24.9 Å². The fourth-order valence-electron chi connectivity index (χ4n) is 3.46. The van der Waals surface area contributed by atoms with Gasteiger partial charge in [-0.15, -0.1) is 0 Å². The van der Waals surface area contributed by atoms with Crippen molar-refractivity contribution in [2.24, 2.45) is 0 Å². The summed E-state index contributed by atoms with van der Waals surface area (Å²) in [5.41, 5.74) is 1.39. The van der Waals surface area contributed by atoms with Gasteiger partial charge in [-0.05, 0) is 25.9 Å². The highest BCUT2D eigenvalue weighted by Crippen LogP contribution is 2.25. The van der Waals surface area contributed by atoms with Crippen molar-refractivity contribution >= 4 is 11.2 Å². The maximum absolute atomic E-state index is 12.3. The van der Waals surface area contributed by atoms with Crippen molar-refractivity contribution in [3.8, 4) is 5.75 Å². The molecule has 7 nitrogen and oxygen atoms in total. The third-order valence-electron chi connectivity index (χ3n) is 4.69. The highest BCUT2D eigenvalue weighted by molar-refractivity contribution is 5.72. The molecule has 2 aromatic heterocycles. The van der Waals surface area contributed by atoms with Crippen molar-refractivity contribution in [1.29, 1.82) is 0 Å². The third kappa shape index (κ3) is 2.98. The first-order valence-corrected chi connectivity index (χ1v) is 8.36. The SMILES string of the molecule is O=c1[nH]c2ncc(OC3CCOCC3)cc2n1C1CCNCC1. The van der Waals surface area contributed by atoms with Crippen LogP contribution in [0.15, 0.2) is 17.1 Å². The van der Waals surface area contributed by atoms with Crippen LogP contribution in [0.1, 0.15) is 31.7 Å². The Hall–Kier alpha value is -1.86. The van der Waals surface area contributed by atoms with E-state index in [-0.39, 0.29) is 17.8 Å². The highest BCUT2D eigenvalue weighted by atomic mass is 16.5. The largest absolute Gasteiger partial charge is 0.489 e. The Morgan fingerprint density at radius 3 is 2.78 bits per heavy atom. The van der Waals surface area contributed by atoms with Crippen molar-refractivity contribution in [1.82, 2.24) is 19.9 Å². The highest BCUT2D eigenvalue weighted by Gasteiger charge is 2.21. The fraction of sp³-hybridized carbons (Fsp3) is 0.625. The standard InChI is InChI=1S/C16H22N4O3/c21-16-19-15-14(20(16)11-1-5-17-6-2-11)9-13(10-18-15)23-12-3-7-22-8-4-12/h9-12,17H,1-8H2,(H,18,19,21). The summed E-state index contributed by atoms with van der Waals surface area (Å²) in [7, 11) is 0. The summed E-state index contributed by atoms with van der Waals surface area (Å²) in [6, 6.07) is 2.16. The lowest BCUT2D eigenvalue weighted by Gasteiger charge is -2.24. The average Bonchev–Trinajstić information content (AvgIpc) is 2.92. The van der Waals surface area contributed by atoms with Crippen LogP contribution in [0.25, 0.3) is 11.2 Å². The van der Waals surface area contributed by atoms with E-state index in [1.54, 1.807) is 6.20 Å². The predicted molar refractivity (Wildman–Crippen MR) is 86.0 cm³/mol. The Morgan fingerprint density at radius 1 is 1.22 bits per heavy atom. The number of fused-ring (bicyclic) bond motifs is 1. The number of nitrogens with one attached hydrogen (secondary N) is 2. The number of rotatable bonds is 3. The van der Waals surface area contributed by atoms with Crippen LogP contribution in [0.4, 0.5) is 0 Å². The summed E-state index contributed by atoms with van der Waals surface area (Å²) >= 11 is 0. The van der Waals surface area contributed by atoms with Crippen LogP contribution < -0.4 is 15.7 Å². The van der Waals surface area contributed by atoms with Crippen molar-refractivity contribution in [2.45, 2.75) is 37.8 Å². The molecule has 124 valence electrons. The van der Waals surface area contributed by atoms with Crippen LogP contribution in [0.2, 0.25) is 0 Å². The van der Waals surface area contributed by atoms with Gasteiger partial charge in [0.05, 0.1) is 24.9 Å². The third-order valence-corrected chi connectivity index (χ3v) is 4.69. The lowest BCUT2D eigenvalue weighted by molar-refractivity contribution is 0.0255. The summed E-state index contributed by atoms with van der Waals surface area (Å²) in [5.74, 6) is 0.728. The minimum Gasteiger partial charge on any atom is -0.489 e. The molecule has 0 unspecified atom stereocenters. The molecule has 0 saturated carbocycles. The Bertz CT molecular complexity index is 726. The van der Waals surface area contributed by atoms with Crippen LogP contribution in [-0.4, -0.2) is 46.9 Å². The van der Waals surface area contributed by atoms with Crippen LogP contribution in [0.3, 0.4) is 0 Å². The second-order valence-electron chi connectivity index (χ2n) is 6.25. The number of pyridine rings is 1. The van der Waals surface area contributed by atoms with E-state index in [2.05, 4.69) is 15.3 Å². The molecule has 0 atom stereocenters. The number of hydrogen-bond acceptors (Lipinski definition) is 5. The topological polar surface area (TPSA) is 81.2 Å². The summed E-state index contributed by atoms with van der Waals surface area (Å²) in [6.45, 7) is 3.36. The summed E-state index contributed by atoms with van der Waals surface area (Å²) in [6.07, 6.45) is 5.57. The van der Waals surface area contributed by atoms with Crippen LogP contribution >= 0.6 is 0 Å². The van der Waals surface area contributed by atoms with Crippen LogP contribution in [-0.2, 0) is 4.74 Å². The van der Waals surface area contributed by atoms with E-state index in [0.717, 1.165) is 63.3 Å². The number of aromatic amines is 1. The molecule has 2 aliphatic rings. The van der Waals surface area contributed by atoms with Gasteiger partial charge in [0.1, 0.15) is 11.9 Å². The zero-order valence-electron chi connectivity index (χ0n) is 13.1. The Morgan fingerprint density at radius 2 is 2.00 bits per heavy atom. The smallest absolute Gasteiger partial charge is 0.327 e. The van der Waals surface area contributed by atoms with E-state index in [1.807, 2.05) is 10.6 Å². The maximum Gasteiger partial charge on any atom is 0.327 e. The molecule has 2 N–H and O–H groups in total. The molecule has 2 aliphatic heterocycles. The van der Waals surface area contributed by atoms with E-state index in [9.17, 15) is 4.79 Å². The van der Waals surface area contributed by atoms with E-state index < -0.39 is 0 Å². The molecule has 2 saturated heterocycles. The lowest BCUT2D eigenvalue weighted by Crippen LogP contribution is -2.33. The maximum atomic E-state index is 12.3. The number of aromatic nitrogens is 3. The molecular weight excluding hydrogens is 296 g/mol. The number of imidazole rings is 1. The van der Waals surface area contributed by atoms with Gasteiger partial charge in [-0.2, -0.15) is 0 Å². The van der Waals surface area contributed by atoms with Gasteiger partial charge in [0.15, 0.2) is 5.65 Å². The molecule has 7 heteroatoms. The number of ether oxygens (including phenoxy) is 2. The number of H-pyrrole nitrogens is 1. The second-order valence-corrected chi connectivity index (χ2v) is 6.25. The molecule has 23 heavy (non-hydrogen) atoms. The first-order valence-electron chi connectivity index (χ1n) is 8.36. The molecule has 0 amide bonds. The van der Waals surface area contributed by atoms with Gasteiger partial charge in [-0.25, -0.2) is 9.78 Å². The van der Waals surface area contributed by atoms with E-state index in [1.165, 1.54) is 0 Å². The van der Waals surface area contributed by atoms with E-state index in [0.29, 0.717) is 5.65 Å². The monoisotopic (exact) mass is 318 g/mol. The van der Waals surface area contributed by atoms with E-state index >= 15 is 0 Å². The molecule has 2 fully saturated rings. The van der Waals surface area contributed by atoms with Crippen molar-refractivity contribution in [2.75, 3.05) is 26.3 Å². The quantitative estimate of drug-likeness (QED) is 0.889. The molecule has 4 heterocycles. The lowest BCUT2D eigenvalue weighted by atomic mass is 10.1. The van der Waals surface area contributed by atoms with Gasteiger partial charge in [0.2, 0.25) is 0 Å². The average molecular weight is 318 g/mol. The first-order chi connectivity index (χ1) is 11.3. The minimum atomic E-state index is -0.0809. The summed E-state index contributed by atoms with van der Waals surface area (Å²) in [4.78, 5) is 19.6. The Balaban J connectivity index is 1.64. The molecular formula is C16H22N4O3. The number of piperidine rings is 1. The molecule has 0 spiro atoms. The molecule has 0 radical (unpaired) electrons. The zero-order chi connectivity index (χ0) is 15.6. The molecule has 2 aromatic rings. The van der Waals surface area contributed by atoms with Gasteiger partial charge in [0.25, 0.3) is 0 Å². The number of hydrogen-bond donors (Lipinski definition) is 2. The summed E-state index contributed by atoms with van der Waals surface area (Å²) in [5, 5.41) is 3.33. The molecule has 0 aliphatic carbocycles. The van der Waals surface area contributed by atoms with Crippen molar-refractivity contribution in [3.63, 3.8) is 0 Å². The number of nitrogens with zero attached hydrogens (tertiary/aromatic N) is 2. The minimum absolute atomic E-state index is 0.0809. The van der Waals surface area contributed by atoms with Gasteiger partial charge >= 0.3 is 5.69 Å². The fourth-order valence-corrected chi connectivity index (χ4v) is 3.46. The normalized spacial score (nSPS) is 20.9. The zero-order valence-corrected chi connectivity index (χ0v) is 13.1. The Labute approximate surface area is 134 Å². The molecule has 0 bridgehead atoms.